The van der Waals surface area contributed by atoms with E-state index < -0.39 is 0 Å². The number of hydrazone groups is 1. The Hall–Kier alpha value is -2.00. The molecule has 22 heavy (non-hydrogen) atoms. The van der Waals surface area contributed by atoms with Crippen LogP contribution in [0.2, 0.25) is 5.02 Å². The first-order chi connectivity index (χ1) is 10.6. The van der Waals surface area contributed by atoms with Gasteiger partial charge in [-0.3, -0.25) is 5.43 Å². The van der Waals surface area contributed by atoms with Crippen molar-refractivity contribution in [2.75, 3.05) is 12.0 Å². The SMILES string of the molecule is CCCOc1ccc(/C(C)=N\Nc2ccc(C)c(Cl)c2)cc1. The van der Waals surface area contributed by atoms with Crippen LogP contribution in [0.5, 0.6) is 5.75 Å². The molecule has 116 valence electrons. The molecule has 3 nitrogen and oxygen atoms in total. The molecule has 0 aromatic heterocycles. The lowest BCUT2D eigenvalue weighted by Crippen LogP contribution is -2.00. The summed E-state index contributed by atoms with van der Waals surface area (Å²) in [6, 6.07) is 13.7. The average molecular weight is 317 g/mol. The number of halogens is 1. The van der Waals surface area contributed by atoms with E-state index >= 15 is 0 Å². The van der Waals surface area contributed by atoms with Crippen molar-refractivity contribution in [1.29, 1.82) is 0 Å². The van der Waals surface area contributed by atoms with Crippen LogP contribution < -0.4 is 10.2 Å². The number of nitrogens with one attached hydrogen (secondary N) is 1. The van der Waals surface area contributed by atoms with Gasteiger partial charge in [-0.1, -0.05) is 24.6 Å². The normalized spacial score (nSPS) is 11.4. The highest BCUT2D eigenvalue weighted by Crippen LogP contribution is 2.20. The smallest absolute Gasteiger partial charge is 0.119 e. The lowest BCUT2D eigenvalue weighted by Gasteiger charge is -2.07. The van der Waals surface area contributed by atoms with Crippen LogP contribution in [-0.2, 0) is 0 Å². The molecule has 0 amide bonds. The zero-order chi connectivity index (χ0) is 15.9. The maximum absolute atomic E-state index is 6.10. The molecule has 2 rings (SSSR count). The van der Waals surface area contributed by atoms with Gasteiger partial charge in [0.1, 0.15) is 5.75 Å². The molecular weight excluding hydrogens is 296 g/mol. The predicted octanol–water partition coefficient (Wildman–Crippen LogP) is 5.27. The van der Waals surface area contributed by atoms with Crippen LogP contribution in [0.1, 0.15) is 31.4 Å². The summed E-state index contributed by atoms with van der Waals surface area (Å²) in [5, 5.41) is 5.13. The minimum atomic E-state index is 0.732. The van der Waals surface area contributed by atoms with E-state index in [1.807, 2.05) is 56.3 Å². The second-order valence-electron chi connectivity index (χ2n) is 5.15. The zero-order valence-corrected chi connectivity index (χ0v) is 13.9. The molecule has 2 aromatic rings. The summed E-state index contributed by atoms with van der Waals surface area (Å²) in [5.74, 6) is 0.886. The number of nitrogens with zero attached hydrogens (tertiary/aromatic N) is 1. The fourth-order valence-electron chi connectivity index (χ4n) is 1.89. The lowest BCUT2D eigenvalue weighted by molar-refractivity contribution is 0.317. The van der Waals surface area contributed by atoms with Gasteiger partial charge in [-0.15, -0.1) is 0 Å². The van der Waals surface area contributed by atoms with E-state index in [9.17, 15) is 0 Å². The molecule has 0 bridgehead atoms. The van der Waals surface area contributed by atoms with Gasteiger partial charge in [0, 0.05) is 5.02 Å². The van der Waals surface area contributed by atoms with Gasteiger partial charge in [0.25, 0.3) is 0 Å². The molecule has 0 unspecified atom stereocenters. The number of hydrogen-bond acceptors (Lipinski definition) is 3. The summed E-state index contributed by atoms with van der Waals surface area (Å²) in [7, 11) is 0. The maximum Gasteiger partial charge on any atom is 0.119 e. The highest BCUT2D eigenvalue weighted by Gasteiger charge is 2.00. The second-order valence-corrected chi connectivity index (χ2v) is 5.55. The maximum atomic E-state index is 6.10. The van der Waals surface area contributed by atoms with E-state index in [4.69, 9.17) is 16.3 Å². The topological polar surface area (TPSA) is 33.6 Å². The number of rotatable bonds is 6. The third-order valence-corrected chi connectivity index (χ3v) is 3.68. The zero-order valence-electron chi connectivity index (χ0n) is 13.2. The van der Waals surface area contributed by atoms with Crippen LogP contribution in [0.3, 0.4) is 0 Å². The predicted molar refractivity (Wildman–Crippen MR) is 94.3 cm³/mol. The minimum Gasteiger partial charge on any atom is -0.494 e. The monoisotopic (exact) mass is 316 g/mol. The van der Waals surface area contributed by atoms with Gasteiger partial charge in [-0.2, -0.15) is 5.10 Å². The second kappa shape index (κ2) is 7.85. The summed E-state index contributed by atoms with van der Waals surface area (Å²) in [5.41, 5.74) is 6.91. The van der Waals surface area contributed by atoms with Crippen LogP contribution in [0.25, 0.3) is 0 Å². The largest absolute Gasteiger partial charge is 0.494 e. The Morgan fingerprint density at radius 2 is 1.91 bits per heavy atom. The molecule has 0 heterocycles. The van der Waals surface area contributed by atoms with Gasteiger partial charge in [0.15, 0.2) is 0 Å². The molecule has 4 heteroatoms. The molecule has 0 aliphatic heterocycles. The van der Waals surface area contributed by atoms with E-state index in [2.05, 4.69) is 17.5 Å². The number of hydrogen-bond donors (Lipinski definition) is 1. The molecular formula is C18H21ClN2O. The fourth-order valence-corrected chi connectivity index (χ4v) is 2.07. The van der Waals surface area contributed by atoms with Crippen molar-refractivity contribution in [3.05, 3.63) is 58.6 Å². The van der Waals surface area contributed by atoms with Gasteiger partial charge in [0.2, 0.25) is 0 Å². The van der Waals surface area contributed by atoms with Crippen molar-refractivity contribution in [3.63, 3.8) is 0 Å². The summed E-state index contributed by atoms with van der Waals surface area (Å²) in [6.07, 6.45) is 1.01. The molecule has 0 saturated heterocycles. The van der Waals surface area contributed by atoms with Crippen LogP contribution in [-0.4, -0.2) is 12.3 Å². The van der Waals surface area contributed by atoms with Crippen molar-refractivity contribution in [2.24, 2.45) is 5.10 Å². The summed E-state index contributed by atoms with van der Waals surface area (Å²) in [4.78, 5) is 0. The lowest BCUT2D eigenvalue weighted by atomic mass is 10.1. The Balaban J connectivity index is 2.03. The number of aryl methyl sites for hydroxylation is 1. The van der Waals surface area contributed by atoms with Crippen molar-refractivity contribution >= 4 is 23.0 Å². The number of benzene rings is 2. The van der Waals surface area contributed by atoms with Gasteiger partial charge < -0.3 is 4.74 Å². The Bertz CT molecular complexity index is 651. The van der Waals surface area contributed by atoms with E-state index in [1.165, 1.54) is 0 Å². The minimum absolute atomic E-state index is 0.732. The van der Waals surface area contributed by atoms with Gasteiger partial charge in [0.05, 0.1) is 18.0 Å². The van der Waals surface area contributed by atoms with Gasteiger partial charge >= 0.3 is 0 Å². The van der Waals surface area contributed by atoms with Crippen LogP contribution in [0.15, 0.2) is 47.6 Å². The Kier molecular flexibility index (Phi) is 5.84. The summed E-state index contributed by atoms with van der Waals surface area (Å²) in [6.45, 7) is 6.77. The third kappa shape index (κ3) is 4.50. The molecule has 0 aliphatic carbocycles. The van der Waals surface area contributed by atoms with E-state index in [-0.39, 0.29) is 0 Å². The summed E-state index contributed by atoms with van der Waals surface area (Å²) < 4.78 is 5.57. The first kappa shape index (κ1) is 16.4. The standard InChI is InChI=1S/C18H21ClN2O/c1-4-11-22-17-9-6-15(7-10-17)14(3)20-21-16-8-5-13(2)18(19)12-16/h5-10,12,21H,4,11H2,1-3H3/b20-14-. The molecule has 0 fully saturated rings. The molecule has 0 aliphatic rings. The number of anilines is 1. The van der Waals surface area contributed by atoms with Crippen molar-refractivity contribution in [2.45, 2.75) is 27.2 Å². The highest BCUT2D eigenvalue weighted by atomic mass is 35.5. The van der Waals surface area contributed by atoms with E-state index in [1.54, 1.807) is 0 Å². The molecule has 0 spiro atoms. The Morgan fingerprint density at radius 1 is 1.18 bits per heavy atom. The van der Waals surface area contributed by atoms with E-state index in [0.717, 1.165) is 46.3 Å². The quantitative estimate of drug-likeness (QED) is 0.581. The fraction of sp³-hybridized carbons (Fsp3) is 0.278. The molecule has 0 saturated carbocycles. The van der Waals surface area contributed by atoms with Gasteiger partial charge in [-0.25, -0.2) is 0 Å². The van der Waals surface area contributed by atoms with Crippen LogP contribution in [0, 0.1) is 6.92 Å². The molecule has 1 N–H and O–H groups in total. The van der Waals surface area contributed by atoms with Gasteiger partial charge in [-0.05, 0) is 67.8 Å². The average Bonchev–Trinajstić information content (AvgIpc) is 2.54. The highest BCUT2D eigenvalue weighted by molar-refractivity contribution is 6.31. The molecule has 0 radical (unpaired) electrons. The first-order valence-electron chi connectivity index (χ1n) is 7.40. The van der Waals surface area contributed by atoms with Crippen molar-refractivity contribution in [1.82, 2.24) is 0 Å². The third-order valence-electron chi connectivity index (χ3n) is 3.27. The first-order valence-corrected chi connectivity index (χ1v) is 7.77. The molecule has 0 atom stereocenters. The Labute approximate surface area is 137 Å². The van der Waals surface area contributed by atoms with Crippen LogP contribution in [0.4, 0.5) is 5.69 Å². The molecule has 2 aromatic carbocycles. The Morgan fingerprint density at radius 3 is 2.55 bits per heavy atom. The number of ether oxygens (including phenoxy) is 1. The van der Waals surface area contributed by atoms with E-state index in [0.29, 0.717) is 0 Å². The van der Waals surface area contributed by atoms with Crippen LogP contribution >= 0.6 is 11.6 Å². The van der Waals surface area contributed by atoms with Crippen molar-refractivity contribution in [3.8, 4) is 5.75 Å². The van der Waals surface area contributed by atoms with Crippen molar-refractivity contribution < 1.29 is 4.74 Å². The summed E-state index contributed by atoms with van der Waals surface area (Å²) >= 11 is 6.10.